The molecule has 2 aromatic rings. The van der Waals surface area contributed by atoms with Gasteiger partial charge < -0.3 is 10.0 Å². The SMILES string of the molecule is Cc1cc(F)cc2c1N(Cc1ccc(O)cc1)C(=O)C2=O. The molecule has 4 nitrogen and oxygen atoms in total. The molecule has 1 N–H and O–H groups in total. The van der Waals surface area contributed by atoms with E-state index in [9.17, 15) is 19.1 Å². The molecule has 1 amide bonds. The van der Waals surface area contributed by atoms with Crippen molar-refractivity contribution in [2.24, 2.45) is 0 Å². The van der Waals surface area contributed by atoms with Gasteiger partial charge in [-0.05, 0) is 42.3 Å². The second-order valence-electron chi connectivity index (χ2n) is 5.01. The Labute approximate surface area is 120 Å². The van der Waals surface area contributed by atoms with Crippen molar-refractivity contribution in [1.82, 2.24) is 0 Å². The monoisotopic (exact) mass is 285 g/mol. The predicted molar refractivity (Wildman–Crippen MR) is 74.8 cm³/mol. The number of benzene rings is 2. The third-order valence-electron chi connectivity index (χ3n) is 3.50. The first-order chi connectivity index (χ1) is 9.97. The largest absolute Gasteiger partial charge is 0.508 e. The Morgan fingerprint density at radius 1 is 1.14 bits per heavy atom. The van der Waals surface area contributed by atoms with E-state index in [0.29, 0.717) is 11.3 Å². The number of fused-ring (bicyclic) bond motifs is 1. The molecule has 1 heterocycles. The van der Waals surface area contributed by atoms with Gasteiger partial charge in [-0.1, -0.05) is 12.1 Å². The topological polar surface area (TPSA) is 57.6 Å². The third kappa shape index (κ3) is 2.16. The van der Waals surface area contributed by atoms with Crippen LogP contribution in [0.15, 0.2) is 36.4 Å². The first kappa shape index (κ1) is 13.3. The maximum atomic E-state index is 13.4. The van der Waals surface area contributed by atoms with E-state index in [0.717, 1.165) is 11.6 Å². The molecule has 0 bridgehead atoms. The number of amides is 1. The molecule has 0 atom stereocenters. The van der Waals surface area contributed by atoms with Crippen LogP contribution in [0.1, 0.15) is 21.5 Å². The molecular weight excluding hydrogens is 273 g/mol. The number of nitrogens with zero attached hydrogens (tertiary/aromatic N) is 1. The molecule has 21 heavy (non-hydrogen) atoms. The van der Waals surface area contributed by atoms with Gasteiger partial charge in [0.2, 0.25) is 0 Å². The van der Waals surface area contributed by atoms with Crippen molar-refractivity contribution < 1.29 is 19.1 Å². The maximum absolute atomic E-state index is 13.4. The maximum Gasteiger partial charge on any atom is 0.299 e. The number of aromatic hydroxyl groups is 1. The summed E-state index contributed by atoms with van der Waals surface area (Å²) in [6.45, 7) is 1.86. The van der Waals surface area contributed by atoms with Crippen molar-refractivity contribution in [3.8, 4) is 5.75 Å². The highest BCUT2D eigenvalue weighted by molar-refractivity contribution is 6.52. The second kappa shape index (κ2) is 4.70. The van der Waals surface area contributed by atoms with Gasteiger partial charge in [0.1, 0.15) is 11.6 Å². The zero-order valence-corrected chi connectivity index (χ0v) is 11.3. The van der Waals surface area contributed by atoms with E-state index in [-0.39, 0.29) is 17.9 Å². The number of hydrogen-bond acceptors (Lipinski definition) is 3. The summed E-state index contributed by atoms with van der Waals surface area (Å²) in [4.78, 5) is 25.4. The van der Waals surface area contributed by atoms with Crippen molar-refractivity contribution in [3.63, 3.8) is 0 Å². The Balaban J connectivity index is 2.03. The first-order valence-corrected chi connectivity index (χ1v) is 6.41. The van der Waals surface area contributed by atoms with E-state index < -0.39 is 17.5 Å². The lowest BCUT2D eigenvalue weighted by Crippen LogP contribution is -2.29. The summed E-state index contributed by atoms with van der Waals surface area (Å²) >= 11 is 0. The van der Waals surface area contributed by atoms with Gasteiger partial charge in [0.25, 0.3) is 11.7 Å². The minimum Gasteiger partial charge on any atom is -0.508 e. The summed E-state index contributed by atoms with van der Waals surface area (Å²) in [5, 5.41) is 9.27. The molecule has 0 unspecified atom stereocenters. The summed E-state index contributed by atoms with van der Waals surface area (Å²) in [7, 11) is 0. The highest BCUT2D eigenvalue weighted by atomic mass is 19.1. The number of aryl methyl sites for hydroxylation is 1. The fraction of sp³-hybridized carbons (Fsp3) is 0.125. The summed E-state index contributed by atoms with van der Waals surface area (Å²) in [6, 6.07) is 8.76. The highest BCUT2D eigenvalue weighted by Gasteiger charge is 2.37. The fourth-order valence-electron chi connectivity index (χ4n) is 2.54. The lowest BCUT2D eigenvalue weighted by atomic mass is 10.1. The Hall–Kier alpha value is -2.69. The molecule has 5 heteroatoms. The molecule has 0 radical (unpaired) electrons. The Kier molecular flexibility index (Phi) is 2.97. The van der Waals surface area contributed by atoms with Crippen molar-refractivity contribution in [1.29, 1.82) is 0 Å². The minimum atomic E-state index is -0.689. The van der Waals surface area contributed by atoms with Gasteiger partial charge in [0.05, 0.1) is 17.8 Å². The lowest BCUT2D eigenvalue weighted by molar-refractivity contribution is -0.114. The molecule has 0 aliphatic carbocycles. The number of halogens is 1. The predicted octanol–water partition coefficient (Wildman–Crippen LogP) is 2.57. The van der Waals surface area contributed by atoms with Crippen LogP contribution >= 0.6 is 0 Å². The Morgan fingerprint density at radius 3 is 2.48 bits per heavy atom. The molecule has 0 fully saturated rings. The van der Waals surface area contributed by atoms with E-state index >= 15 is 0 Å². The normalized spacial score (nSPS) is 13.7. The van der Waals surface area contributed by atoms with E-state index in [1.165, 1.54) is 23.1 Å². The number of ketones is 1. The average Bonchev–Trinajstić information content (AvgIpc) is 2.67. The van der Waals surface area contributed by atoms with E-state index in [1.54, 1.807) is 19.1 Å². The molecule has 0 spiro atoms. The summed E-state index contributed by atoms with van der Waals surface area (Å²) in [5.41, 5.74) is 1.88. The van der Waals surface area contributed by atoms with E-state index in [4.69, 9.17) is 0 Å². The Bertz CT molecular complexity index is 753. The number of phenols is 1. The van der Waals surface area contributed by atoms with Gasteiger partial charge in [-0.25, -0.2) is 4.39 Å². The molecule has 2 aromatic carbocycles. The van der Waals surface area contributed by atoms with Crippen molar-refractivity contribution >= 4 is 17.4 Å². The van der Waals surface area contributed by atoms with Gasteiger partial charge in [-0.15, -0.1) is 0 Å². The number of anilines is 1. The van der Waals surface area contributed by atoms with Gasteiger partial charge in [-0.2, -0.15) is 0 Å². The lowest BCUT2D eigenvalue weighted by Gasteiger charge is -2.18. The van der Waals surface area contributed by atoms with Crippen LogP contribution in [0.5, 0.6) is 5.75 Å². The van der Waals surface area contributed by atoms with Crippen LogP contribution in [0, 0.1) is 12.7 Å². The standard InChI is InChI=1S/C16H12FNO3/c1-9-6-11(17)7-13-14(9)18(16(21)15(13)20)8-10-2-4-12(19)5-3-10/h2-7,19H,8H2,1H3. The van der Waals surface area contributed by atoms with Crippen LogP contribution in [0.25, 0.3) is 0 Å². The van der Waals surface area contributed by atoms with Crippen LogP contribution in [-0.4, -0.2) is 16.8 Å². The summed E-state index contributed by atoms with van der Waals surface area (Å²) in [6.07, 6.45) is 0. The van der Waals surface area contributed by atoms with E-state index in [2.05, 4.69) is 0 Å². The molecular formula is C16H12FNO3. The van der Waals surface area contributed by atoms with E-state index in [1.807, 2.05) is 0 Å². The summed E-state index contributed by atoms with van der Waals surface area (Å²) < 4.78 is 13.4. The van der Waals surface area contributed by atoms with Gasteiger partial charge >= 0.3 is 0 Å². The number of rotatable bonds is 2. The zero-order valence-electron chi connectivity index (χ0n) is 11.3. The van der Waals surface area contributed by atoms with Gasteiger partial charge in [0, 0.05) is 0 Å². The average molecular weight is 285 g/mol. The van der Waals surface area contributed by atoms with Crippen molar-refractivity contribution in [3.05, 3.63) is 58.9 Å². The van der Waals surface area contributed by atoms with Crippen LogP contribution in [0.2, 0.25) is 0 Å². The number of phenolic OH excluding ortho intramolecular Hbond substituents is 1. The number of hydrogen-bond donors (Lipinski definition) is 1. The number of carbonyl (C=O) groups is 2. The fourth-order valence-corrected chi connectivity index (χ4v) is 2.54. The molecule has 0 aromatic heterocycles. The smallest absolute Gasteiger partial charge is 0.299 e. The van der Waals surface area contributed by atoms with Gasteiger partial charge in [0.15, 0.2) is 0 Å². The van der Waals surface area contributed by atoms with Crippen LogP contribution in [0.3, 0.4) is 0 Å². The molecule has 1 aliphatic heterocycles. The van der Waals surface area contributed by atoms with Crippen LogP contribution in [-0.2, 0) is 11.3 Å². The first-order valence-electron chi connectivity index (χ1n) is 6.41. The number of Topliss-reactive ketones (excluding diaryl/α,β-unsaturated/α-hetero) is 1. The molecule has 106 valence electrons. The van der Waals surface area contributed by atoms with Gasteiger partial charge in [-0.3, -0.25) is 9.59 Å². The quantitative estimate of drug-likeness (QED) is 0.863. The van der Waals surface area contributed by atoms with Crippen LogP contribution in [0.4, 0.5) is 10.1 Å². The zero-order chi connectivity index (χ0) is 15.1. The molecule has 0 saturated carbocycles. The van der Waals surface area contributed by atoms with Crippen molar-refractivity contribution in [2.45, 2.75) is 13.5 Å². The van der Waals surface area contributed by atoms with Crippen molar-refractivity contribution in [2.75, 3.05) is 4.90 Å². The number of carbonyl (C=O) groups excluding carboxylic acids is 2. The molecule has 0 saturated heterocycles. The minimum absolute atomic E-state index is 0.108. The Morgan fingerprint density at radius 2 is 1.81 bits per heavy atom. The second-order valence-corrected chi connectivity index (χ2v) is 5.01. The molecule has 1 aliphatic rings. The van der Waals surface area contributed by atoms with Crippen LogP contribution < -0.4 is 4.90 Å². The summed E-state index contributed by atoms with van der Waals surface area (Å²) in [5.74, 6) is -1.75. The highest BCUT2D eigenvalue weighted by Crippen LogP contribution is 2.34. The molecule has 3 rings (SSSR count). The third-order valence-corrected chi connectivity index (χ3v) is 3.50.